The minimum Gasteiger partial charge on any atom is -0.477 e. The van der Waals surface area contributed by atoms with Crippen molar-refractivity contribution in [3.63, 3.8) is 0 Å². The molecule has 1 aromatic rings. The van der Waals surface area contributed by atoms with Crippen LogP contribution < -0.4 is 0 Å². The van der Waals surface area contributed by atoms with Crippen LogP contribution in [0.4, 0.5) is 0 Å². The fraction of sp³-hybridized carbons (Fsp3) is 0.545. The highest BCUT2D eigenvalue weighted by Crippen LogP contribution is 2.34. The molecule has 0 aromatic carbocycles. The minimum absolute atomic E-state index is 0.0491. The standard InChI is InChI=1S/C11H15NO4S2/c1-7(2)12(8-3-4-8)18(15,16)9-5-10(11(13)14)17-6-9/h5-8H,3-4H2,1-2H3,(H,13,14). The maximum absolute atomic E-state index is 12.4. The molecule has 0 amide bonds. The Balaban J connectivity index is 2.36. The van der Waals surface area contributed by atoms with E-state index in [0.717, 1.165) is 24.2 Å². The van der Waals surface area contributed by atoms with Crippen molar-refractivity contribution in [3.8, 4) is 0 Å². The molecule has 0 unspecified atom stereocenters. The summed E-state index contributed by atoms with van der Waals surface area (Å²) in [5.74, 6) is -1.09. The van der Waals surface area contributed by atoms with Crippen LogP contribution in [0.15, 0.2) is 16.3 Å². The van der Waals surface area contributed by atoms with Crippen LogP contribution in [-0.2, 0) is 10.0 Å². The second-order valence-electron chi connectivity index (χ2n) is 4.61. The zero-order valence-electron chi connectivity index (χ0n) is 10.2. The van der Waals surface area contributed by atoms with E-state index >= 15 is 0 Å². The summed E-state index contributed by atoms with van der Waals surface area (Å²) in [6, 6.07) is 1.19. The Labute approximate surface area is 110 Å². The number of hydrogen-bond acceptors (Lipinski definition) is 4. The highest BCUT2D eigenvalue weighted by Gasteiger charge is 2.40. The van der Waals surface area contributed by atoms with E-state index in [2.05, 4.69) is 0 Å². The molecule has 7 heteroatoms. The fourth-order valence-corrected chi connectivity index (χ4v) is 4.89. The number of carboxylic acid groups (broad SMARTS) is 1. The van der Waals surface area contributed by atoms with Gasteiger partial charge < -0.3 is 5.11 Å². The quantitative estimate of drug-likeness (QED) is 0.899. The highest BCUT2D eigenvalue weighted by molar-refractivity contribution is 7.89. The van der Waals surface area contributed by atoms with Gasteiger partial charge in [0.2, 0.25) is 10.0 Å². The van der Waals surface area contributed by atoms with Crippen molar-refractivity contribution in [1.29, 1.82) is 0 Å². The summed E-state index contributed by atoms with van der Waals surface area (Å²) >= 11 is 0.940. The summed E-state index contributed by atoms with van der Waals surface area (Å²) in [6.07, 6.45) is 1.76. The lowest BCUT2D eigenvalue weighted by atomic mass is 10.4. The second kappa shape index (κ2) is 4.64. The average Bonchev–Trinajstić information content (AvgIpc) is 2.93. The minimum atomic E-state index is -3.57. The van der Waals surface area contributed by atoms with Gasteiger partial charge >= 0.3 is 5.97 Å². The Morgan fingerprint density at radius 3 is 2.50 bits per heavy atom. The summed E-state index contributed by atoms with van der Waals surface area (Å²) in [4.78, 5) is 10.9. The first kappa shape index (κ1) is 13.5. The lowest BCUT2D eigenvalue weighted by Gasteiger charge is -2.25. The molecule has 5 nitrogen and oxygen atoms in total. The average molecular weight is 289 g/mol. The molecule has 0 aliphatic heterocycles. The molecule has 0 radical (unpaired) electrons. The summed E-state index contributed by atoms with van der Waals surface area (Å²) in [7, 11) is -3.57. The molecule has 0 bridgehead atoms. The third-order valence-corrected chi connectivity index (χ3v) is 5.95. The molecule has 1 saturated carbocycles. The predicted octanol–water partition coefficient (Wildman–Crippen LogP) is 2.01. The van der Waals surface area contributed by atoms with E-state index in [9.17, 15) is 13.2 Å². The van der Waals surface area contributed by atoms with Gasteiger partial charge in [-0.15, -0.1) is 11.3 Å². The molecule has 18 heavy (non-hydrogen) atoms. The van der Waals surface area contributed by atoms with Crippen LogP contribution >= 0.6 is 11.3 Å². The SMILES string of the molecule is CC(C)N(C1CC1)S(=O)(=O)c1csc(C(=O)O)c1. The van der Waals surface area contributed by atoms with Crippen LogP contribution in [0.5, 0.6) is 0 Å². The number of sulfonamides is 1. The maximum Gasteiger partial charge on any atom is 0.345 e. The van der Waals surface area contributed by atoms with Crippen molar-refractivity contribution in [2.75, 3.05) is 0 Å². The van der Waals surface area contributed by atoms with Gasteiger partial charge in [0.15, 0.2) is 0 Å². The first-order chi connectivity index (χ1) is 8.34. The third kappa shape index (κ3) is 2.43. The topological polar surface area (TPSA) is 74.7 Å². The van der Waals surface area contributed by atoms with Crippen LogP contribution in [-0.4, -0.2) is 35.9 Å². The summed E-state index contributed by atoms with van der Waals surface area (Å²) in [5, 5.41) is 10.2. The van der Waals surface area contributed by atoms with Crippen LogP contribution in [0.25, 0.3) is 0 Å². The molecule has 1 fully saturated rings. The zero-order chi connectivity index (χ0) is 13.5. The molecule has 0 spiro atoms. The van der Waals surface area contributed by atoms with Gasteiger partial charge in [-0.3, -0.25) is 0 Å². The second-order valence-corrected chi connectivity index (χ2v) is 7.37. The van der Waals surface area contributed by atoms with Crippen molar-refractivity contribution in [1.82, 2.24) is 4.31 Å². The lowest BCUT2D eigenvalue weighted by molar-refractivity contribution is 0.0702. The van der Waals surface area contributed by atoms with Gasteiger partial charge in [-0.05, 0) is 32.8 Å². The molecule has 0 saturated heterocycles. The number of carbonyl (C=O) groups is 1. The Hall–Kier alpha value is -0.920. The van der Waals surface area contributed by atoms with E-state index in [0.29, 0.717) is 0 Å². The molecule has 1 N–H and O–H groups in total. The van der Waals surface area contributed by atoms with Crippen molar-refractivity contribution in [2.45, 2.75) is 43.7 Å². The van der Waals surface area contributed by atoms with Crippen LogP contribution in [0, 0.1) is 0 Å². The van der Waals surface area contributed by atoms with Gasteiger partial charge in [-0.25, -0.2) is 13.2 Å². The maximum atomic E-state index is 12.4. The first-order valence-electron chi connectivity index (χ1n) is 5.69. The van der Waals surface area contributed by atoms with Crippen LogP contribution in [0.1, 0.15) is 36.4 Å². The van der Waals surface area contributed by atoms with E-state index in [1.165, 1.54) is 15.8 Å². The van der Waals surface area contributed by atoms with Crippen molar-refractivity contribution >= 4 is 27.3 Å². The van der Waals surface area contributed by atoms with E-state index in [-0.39, 0.29) is 21.9 Å². The van der Waals surface area contributed by atoms with E-state index in [1.54, 1.807) is 0 Å². The largest absolute Gasteiger partial charge is 0.477 e. The Morgan fingerprint density at radius 1 is 1.50 bits per heavy atom. The summed E-state index contributed by atoms with van der Waals surface area (Å²) in [6.45, 7) is 3.67. The van der Waals surface area contributed by atoms with Crippen molar-refractivity contribution < 1.29 is 18.3 Å². The monoisotopic (exact) mass is 289 g/mol. The number of aromatic carboxylic acids is 1. The molecular weight excluding hydrogens is 274 g/mol. The van der Waals surface area contributed by atoms with Gasteiger partial charge in [-0.2, -0.15) is 4.31 Å². The molecular formula is C11H15NO4S2. The first-order valence-corrected chi connectivity index (χ1v) is 8.01. The molecule has 1 heterocycles. The van der Waals surface area contributed by atoms with E-state index in [4.69, 9.17) is 5.11 Å². The van der Waals surface area contributed by atoms with Gasteiger partial charge in [0.05, 0.1) is 4.90 Å². The molecule has 1 aliphatic carbocycles. The zero-order valence-corrected chi connectivity index (χ0v) is 11.8. The fourth-order valence-electron chi connectivity index (χ4n) is 1.91. The highest BCUT2D eigenvalue weighted by atomic mass is 32.2. The predicted molar refractivity (Wildman–Crippen MR) is 68.5 cm³/mol. The number of carboxylic acids is 1. The van der Waals surface area contributed by atoms with Crippen molar-refractivity contribution in [3.05, 3.63) is 16.3 Å². The van der Waals surface area contributed by atoms with Crippen LogP contribution in [0.3, 0.4) is 0 Å². The third-order valence-electron chi connectivity index (χ3n) is 2.78. The van der Waals surface area contributed by atoms with E-state index in [1.807, 2.05) is 13.8 Å². The van der Waals surface area contributed by atoms with Gasteiger partial charge in [0, 0.05) is 17.5 Å². The summed E-state index contributed by atoms with van der Waals surface area (Å²) < 4.78 is 26.3. The van der Waals surface area contributed by atoms with Gasteiger partial charge in [0.25, 0.3) is 0 Å². The van der Waals surface area contributed by atoms with Gasteiger partial charge in [0.1, 0.15) is 4.88 Å². The summed E-state index contributed by atoms with van der Waals surface area (Å²) in [5.41, 5.74) is 0. The number of thiophene rings is 1. The smallest absolute Gasteiger partial charge is 0.345 e. The molecule has 1 aromatic heterocycles. The number of hydrogen-bond donors (Lipinski definition) is 1. The van der Waals surface area contributed by atoms with Gasteiger partial charge in [-0.1, -0.05) is 0 Å². The molecule has 2 rings (SSSR count). The van der Waals surface area contributed by atoms with Crippen molar-refractivity contribution in [2.24, 2.45) is 0 Å². The van der Waals surface area contributed by atoms with Crippen LogP contribution in [0.2, 0.25) is 0 Å². The Kier molecular flexibility index (Phi) is 3.48. The molecule has 1 aliphatic rings. The normalized spacial score (nSPS) is 16.4. The molecule has 100 valence electrons. The molecule has 0 atom stereocenters. The number of nitrogens with zero attached hydrogens (tertiary/aromatic N) is 1. The number of rotatable bonds is 5. The van der Waals surface area contributed by atoms with E-state index < -0.39 is 16.0 Å². The Bertz CT molecular complexity index is 555. The Morgan fingerprint density at radius 2 is 2.11 bits per heavy atom. The lowest BCUT2D eigenvalue weighted by Crippen LogP contribution is -2.38.